The number of hydrogen-bond donors (Lipinski definition) is 1. The molecule has 0 spiro atoms. The molecular formula is C15H11F3N2O3S2. The Labute approximate surface area is 145 Å². The molecule has 5 nitrogen and oxygen atoms in total. The molecule has 1 N–H and O–H groups in total. The molecule has 2 aromatic heterocycles. The van der Waals surface area contributed by atoms with E-state index < -0.39 is 22.0 Å². The third kappa shape index (κ3) is 3.69. The molecule has 3 aromatic rings. The minimum absolute atomic E-state index is 0.0205. The van der Waals surface area contributed by atoms with Crippen LogP contribution in [0.25, 0.3) is 10.6 Å². The van der Waals surface area contributed by atoms with Crippen LogP contribution in [-0.4, -0.2) is 13.6 Å². The maximum absolute atomic E-state index is 12.6. The van der Waals surface area contributed by atoms with Crippen LogP contribution >= 0.6 is 11.3 Å². The van der Waals surface area contributed by atoms with Crippen LogP contribution in [0.3, 0.4) is 0 Å². The molecule has 0 unspecified atom stereocenters. The molecule has 0 amide bonds. The highest BCUT2D eigenvalue weighted by molar-refractivity contribution is 7.93. The minimum Gasteiger partial charge on any atom is -0.351 e. The van der Waals surface area contributed by atoms with E-state index in [-0.39, 0.29) is 15.5 Å². The van der Waals surface area contributed by atoms with E-state index >= 15 is 0 Å². The number of nitrogens with one attached hydrogen (secondary N) is 1. The second kappa shape index (κ2) is 6.19. The van der Waals surface area contributed by atoms with Crippen molar-refractivity contribution in [3.05, 3.63) is 53.1 Å². The van der Waals surface area contributed by atoms with Crippen molar-refractivity contribution in [2.24, 2.45) is 0 Å². The van der Waals surface area contributed by atoms with Crippen molar-refractivity contribution in [2.75, 3.05) is 4.72 Å². The van der Waals surface area contributed by atoms with Gasteiger partial charge in [-0.05, 0) is 25.1 Å². The predicted molar refractivity (Wildman–Crippen MR) is 86.8 cm³/mol. The van der Waals surface area contributed by atoms with Crippen molar-refractivity contribution in [1.82, 2.24) is 5.16 Å². The van der Waals surface area contributed by atoms with Gasteiger partial charge in [0.2, 0.25) is 5.76 Å². The Kier molecular flexibility index (Phi) is 4.33. The molecule has 0 aliphatic heterocycles. The van der Waals surface area contributed by atoms with E-state index in [9.17, 15) is 21.6 Å². The first-order valence-corrected chi connectivity index (χ1v) is 9.19. The second-order valence-electron chi connectivity index (χ2n) is 5.08. The maximum Gasteiger partial charge on any atom is 0.452 e. The van der Waals surface area contributed by atoms with Crippen molar-refractivity contribution in [3.63, 3.8) is 0 Å². The molecule has 0 bridgehead atoms. The summed E-state index contributed by atoms with van der Waals surface area (Å²) >= 11 is 1.02. The van der Waals surface area contributed by atoms with E-state index in [0.717, 1.165) is 17.4 Å². The van der Waals surface area contributed by atoms with Gasteiger partial charge in [-0.25, -0.2) is 8.42 Å². The Balaban J connectivity index is 1.93. The van der Waals surface area contributed by atoms with Crippen LogP contribution in [0.4, 0.5) is 18.9 Å². The Morgan fingerprint density at radius 1 is 1.16 bits per heavy atom. The summed E-state index contributed by atoms with van der Waals surface area (Å²) in [6.45, 7) is 1.57. The fourth-order valence-corrected chi connectivity index (χ4v) is 4.70. The number of aromatic nitrogens is 1. The van der Waals surface area contributed by atoms with Gasteiger partial charge < -0.3 is 4.52 Å². The van der Waals surface area contributed by atoms with Gasteiger partial charge in [-0.2, -0.15) is 13.2 Å². The van der Waals surface area contributed by atoms with E-state index in [1.165, 1.54) is 6.07 Å². The van der Waals surface area contributed by atoms with Crippen LogP contribution in [-0.2, 0) is 16.2 Å². The van der Waals surface area contributed by atoms with Gasteiger partial charge >= 0.3 is 6.18 Å². The van der Waals surface area contributed by atoms with Crippen molar-refractivity contribution in [2.45, 2.75) is 18.0 Å². The molecule has 0 aliphatic rings. The number of anilines is 1. The van der Waals surface area contributed by atoms with Crippen LogP contribution in [0.1, 0.15) is 10.6 Å². The molecule has 0 fully saturated rings. The zero-order valence-corrected chi connectivity index (χ0v) is 14.3. The number of alkyl halides is 3. The van der Waals surface area contributed by atoms with E-state index in [4.69, 9.17) is 0 Å². The van der Waals surface area contributed by atoms with Gasteiger partial charge in [0.15, 0.2) is 0 Å². The van der Waals surface area contributed by atoms with Crippen LogP contribution in [0.15, 0.2) is 51.9 Å². The van der Waals surface area contributed by atoms with Crippen LogP contribution in [0.5, 0.6) is 0 Å². The number of rotatable bonds is 4. The van der Waals surface area contributed by atoms with Crippen LogP contribution in [0, 0.1) is 6.92 Å². The third-order valence-corrected chi connectivity index (χ3v) is 5.94. The van der Waals surface area contributed by atoms with E-state index in [0.29, 0.717) is 10.6 Å². The minimum atomic E-state index is -4.65. The molecule has 0 atom stereocenters. The van der Waals surface area contributed by atoms with Crippen molar-refractivity contribution in [1.29, 1.82) is 0 Å². The number of aryl methyl sites for hydroxylation is 1. The fourth-order valence-electron chi connectivity index (χ4n) is 2.10. The monoisotopic (exact) mass is 388 g/mol. The highest BCUT2D eigenvalue weighted by atomic mass is 32.2. The van der Waals surface area contributed by atoms with Gasteiger partial charge in [-0.1, -0.05) is 23.4 Å². The number of para-hydroxylation sites is 1. The van der Waals surface area contributed by atoms with Crippen molar-refractivity contribution >= 4 is 27.0 Å². The smallest absolute Gasteiger partial charge is 0.351 e. The summed E-state index contributed by atoms with van der Waals surface area (Å²) in [5, 5.41) is 3.37. The Morgan fingerprint density at radius 3 is 2.44 bits per heavy atom. The molecule has 0 aliphatic carbocycles. The summed E-state index contributed by atoms with van der Waals surface area (Å²) in [6, 6.07) is 10.3. The van der Waals surface area contributed by atoms with Crippen LogP contribution in [0.2, 0.25) is 0 Å². The van der Waals surface area contributed by atoms with Gasteiger partial charge in [-0.3, -0.25) is 4.72 Å². The van der Waals surface area contributed by atoms with E-state index in [2.05, 4.69) is 14.4 Å². The summed E-state index contributed by atoms with van der Waals surface area (Å²) in [5.74, 6) is -1.24. The van der Waals surface area contributed by atoms with Gasteiger partial charge in [0.05, 0.1) is 4.88 Å². The molecule has 0 saturated heterocycles. The van der Waals surface area contributed by atoms with E-state index in [1.54, 1.807) is 37.3 Å². The Hall–Kier alpha value is -2.33. The molecular weight excluding hydrogens is 377 g/mol. The van der Waals surface area contributed by atoms with Gasteiger partial charge in [0, 0.05) is 16.6 Å². The normalized spacial score (nSPS) is 12.3. The first kappa shape index (κ1) is 17.5. The lowest BCUT2D eigenvalue weighted by molar-refractivity contribution is -0.155. The average molecular weight is 388 g/mol. The van der Waals surface area contributed by atoms with E-state index in [1.807, 2.05) is 0 Å². The summed E-state index contributed by atoms with van der Waals surface area (Å²) in [7, 11) is -3.87. The number of sulfonamides is 1. The standard InChI is InChI=1S/C15H11F3N2O3S2/c1-9-13(25(21,22)20-10-5-3-2-4-6-10)8-12(24-9)11-7-14(23-19-11)15(16,17)18/h2-8,20H,1H3. The molecule has 1 aromatic carbocycles. The quantitative estimate of drug-likeness (QED) is 0.713. The molecule has 3 rings (SSSR count). The summed E-state index contributed by atoms with van der Waals surface area (Å²) in [5.41, 5.74) is 0.317. The summed E-state index contributed by atoms with van der Waals surface area (Å²) < 4.78 is 69.5. The predicted octanol–water partition coefficient (Wildman–Crippen LogP) is 4.53. The third-order valence-electron chi connectivity index (χ3n) is 3.23. The Morgan fingerprint density at radius 2 is 1.84 bits per heavy atom. The lowest BCUT2D eigenvalue weighted by atomic mass is 10.3. The lowest BCUT2D eigenvalue weighted by Gasteiger charge is -2.06. The van der Waals surface area contributed by atoms with Gasteiger partial charge in [0.25, 0.3) is 10.0 Å². The number of benzene rings is 1. The summed E-state index contributed by atoms with van der Waals surface area (Å²) in [6.07, 6.45) is -4.65. The summed E-state index contributed by atoms with van der Waals surface area (Å²) in [4.78, 5) is 0.674. The van der Waals surface area contributed by atoms with Gasteiger partial charge in [-0.15, -0.1) is 11.3 Å². The first-order valence-electron chi connectivity index (χ1n) is 6.89. The molecule has 132 valence electrons. The van der Waals surface area contributed by atoms with Gasteiger partial charge in [0.1, 0.15) is 10.6 Å². The van der Waals surface area contributed by atoms with Crippen molar-refractivity contribution < 1.29 is 26.1 Å². The molecule has 2 heterocycles. The van der Waals surface area contributed by atoms with Crippen molar-refractivity contribution in [3.8, 4) is 10.6 Å². The van der Waals surface area contributed by atoms with Crippen LogP contribution < -0.4 is 4.72 Å². The number of thiophene rings is 1. The fraction of sp³-hybridized carbons (Fsp3) is 0.133. The number of hydrogen-bond acceptors (Lipinski definition) is 5. The molecule has 10 heteroatoms. The topological polar surface area (TPSA) is 72.2 Å². The highest BCUT2D eigenvalue weighted by Crippen LogP contribution is 2.37. The Bertz CT molecular complexity index is 993. The largest absolute Gasteiger partial charge is 0.452 e. The first-order chi connectivity index (χ1) is 11.7. The lowest BCUT2D eigenvalue weighted by Crippen LogP contribution is -2.12. The molecule has 25 heavy (non-hydrogen) atoms. The molecule has 0 saturated carbocycles. The average Bonchev–Trinajstić information content (AvgIpc) is 3.14. The highest BCUT2D eigenvalue weighted by Gasteiger charge is 2.36. The second-order valence-corrected chi connectivity index (χ2v) is 7.98. The molecule has 0 radical (unpaired) electrons. The maximum atomic E-state index is 12.6. The SMILES string of the molecule is Cc1sc(-c2cc(C(F)(F)F)on2)cc1S(=O)(=O)Nc1ccccc1. The number of nitrogens with zero attached hydrogens (tertiary/aromatic N) is 1. The zero-order valence-electron chi connectivity index (χ0n) is 12.7. The number of halogens is 3. The zero-order chi connectivity index (χ0) is 18.2.